The Balaban J connectivity index is 1.74. The maximum atomic E-state index is 8.78. The van der Waals surface area contributed by atoms with Gasteiger partial charge >= 0.3 is 0 Å². The van der Waals surface area contributed by atoms with Crippen LogP contribution in [0.25, 0.3) is 0 Å². The van der Waals surface area contributed by atoms with Gasteiger partial charge in [-0.25, -0.2) is 0 Å². The molecule has 2 aromatic carbocycles. The molecule has 0 aromatic heterocycles. The van der Waals surface area contributed by atoms with E-state index < -0.39 is 0 Å². The van der Waals surface area contributed by atoms with Crippen molar-refractivity contribution in [2.24, 2.45) is 0 Å². The molecule has 0 saturated carbocycles. The van der Waals surface area contributed by atoms with Crippen molar-refractivity contribution in [2.45, 2.75) is 6.54 Å². The van der Waals surface area contributed by atoms with Crippen LogP contribution in [-0.2, 0) is 6.54 Å². The molecule has 4 heteroatoms. The number of nitriles is 1. The molecular weight excluding hydrogens is 276 g/mol. The summed E-state index contributed by atoms with van der Waals surface area (Å²) in [4.78, 5) is 2.19. The summed E-state index contributed by atoms with van der Waals surface area (Å²) in [6.45, 7) is 2.28. The highest BCUT2D eigenvalue weighted by Crippen LogP contribution is 2.16. The van der Waals surface area contributed by atoms with Crippen molar-refractivity contribution in [1.29, 1.82) is 5.26 Å². The van der Waals surface area contributed by atoms with E-state index in [1.807, 2.05) is 48.5 Å². The van der Waals surface area contributed by atoms with E-state index in [0.717, 1.165) is 24.6 Å². The molecule has 0 bridgehead atoms. The molecular formula is C18H20N2O2. The van der Waals surface area contributed by atoms with Crippen molar-refractivity contribution in [3.8, 4) is 17.6 Å². The van der Waals surface area contributed by atoms with Gasteiger partial charge in [0, 0.05) is 13.1 Å². The minimum atomic E-state index is 0.624. The summed E-state index contributed by atoms with van der Waals surface area (Å²) in [5, 5.41) is 8.78. The van der Waals surface area contributed by atoms with Crippen LogP contribution in [0.3, 0.4) is 0 Å². The van der Waals surface area contributed by atoms with Crippen LogP contribution in [0, 0.1) is 11.3 Å². The third-order valence-electron chi connectivity index (χ3n) is 3.34. The maximum Gasteiger partial charge on any atom is 0.119 e. The monoisotopic (exact) mass is 296 g/mol. The van der Waals surface area contributed by atoms with Crippen LogP contribution in [0.15, 0.2) is 48.5 Å². The third kappa shape index (κ3) is 4.80. The number of methoxy groups -OCH3 is 1. The van der Waals surface area contributed by atoms with Gasteiger partial charge in [0.1, 0.15) is 18.1 Å². The molecule has 0 aliphatic rings. The van der Waals surface area contributed by atoms with Crippen molar-refractivity contribution >= 4 is 0 Å². The highest BCUT2D eigenvalue weighted by Gasteiger charge is 2.02. The molecule has 0 radical (unpaired) electrons. The normalized spacial score (nSPS) is 10.3. The van der Waals surface area contributed by atoms with Gasteiger partial charge in [0.15, 0.2) is 0 Å². The Kier molecular flexibility index (Phi) is 5.81. The van der Waals surface area contributed by atoms with E-state index in [1.54, 1.807) is 7.11 Å². The molecule has 0 N–H and O–H groups in total. The van der Waals surface area contributed by atoms with Gasteiger partial charge in [-0.05, 0) is 49.0 Å². The molecule has 114 valence electrons. The number of hydrogen-bond acceptors (Lipinski definition) is 4. The van der Waals surface area contributed by atoms with E-state index in [2.05, 4.69) is 18.0 Å². The molecule has 0 amide bonds. The fraction of sp³-hybridized carbons (Fsp3) is 0.278. The van der Waals surface area contributed by atoms with E-state index in [9.17, 15) is 0 Å². The van der Waals surface area contributed by atoms with Crippen LogP contribution in [0.4, 0.5) is 0 Å². The van der Waals surface area contributed by atoms with E-state index >= 15 is 0 Å². The van der Waals surface area contributed by atoms with Gasteiger partial charge in [0.2, 0.25) is 0 Å². The van der Waals surface area contributed by atoms with Crippen LogP contribution in [0.5, 0.6) is 11.5 Å². The predicted octanol–water partition coefficient (Wildman–Crippen LogP) is 3.08. The van der Waals surface area contributed by atoms with Gasteiger partial charge < -0.3 is 9.47 Å². The lowest BCUT2D eigenvalue weighted by Gasteiger charge is -2.17. The number of rotatable bonds is 7. The lowest BCUT2D eigenvalue weighted by molar-refractivity contribution is 0.232. The zero-order valence-corrected chi connectivity index (χ0v) is 13.0. The lowest BCUT2D eigenvalue weighted by Crippen LogP contribution is -2.23. The molecule has 0 aliphatic heterocycles. The molecule has 4 nitrogen and oxygen atoms in total. The molecule has 0 atom stereocenters. The fourth-order valence-electron chi connectivity index (χ4n) is 2.07. The fourth-order valence-corrected chi connectivity index (χ4v) is 2.07. The van der Waals surface area contributed by atoms with Crippen molar-refractivity contribution in [1.82, 2.24) is 4.90 Å². The molecule has 22 heavy (non-hydrogen) atoms. The summed E-state index contributed by atoms with van der Waals surface area (Å²) >= 11 is 0. The van der Waals surface area contributed by atoms with E-state index in [0.29, 0.717) is 12.2 Å². The van der Waals surface area contributed by atoms with E-state index in [4.69, 9.17) is 14.7 Å². The zero-order chi connectivity index (χ0) is 15.8. The summed E-state index contributed by atoms with van der Waals surface area (Å²) in [6.07, 6.45) is 0. The molecule has 0 unspecified atom stereocenters. The minimum absolute atomic E-state index is 0.624. The average Bonchev–Trinajstić information content (AvgIpc) is 2.56. The van der Waals surface area contributed by atoms with Gasteiger partial charge in [-0.15, -0.1) is 0 Å². The molecule has 2 aromatic rings. The Morgan fingerprint density at radius 1 is 1.00 bits per heavy atom. The molecule has 0 spiro atoms. The molecule has 2 rings (SSSR count). The lowest BCUT2D eigenvalue weighted by atomic mass is 10.1. The molecule has 0 heterocycles. The Morgan fingerprint density at radius 2 is 1.64 bits per heavy atom. The average molecular weight is 296 g/mol. The molecule has 0 saturated heterocycles. The highest BCUT2D eigenvalue weighted by molar-refractivity contribution is 5.32. The maximum absolute atomic E-state index is 8.78. The highest BCUT2D eigenvalue weighted by atomic mass is 16.5. The molecule has 0 aliphatic carbocycles. The van der Waals surface area contributed by atoms with Gasteiger partial charge in [-0.2, -0.15) is 5.26 Å². The van der Waals surface area contributed by atoms with Crippen LogP contribution in [0.2, 0.25) is 0 Å². The number of ether oxygens (including phenoxy) is 2. The first-order chi connectivity index (χ1) is 10.7. The summed E-state index contributed by atoms with van der Waals surface area (Å²) in [7, 11) is 3.70. The van der Waals surface area contributed by atoms with Gasteiger partial charge in [0.05, 0.1) is 18.7 Å². The summed E-state index contributed by atoms with van der Waals surface area (Å²) in [5.41, 5.74) is 1.88. The second kappa shape index (κ2) is 8.06. The second-order valence-corrected chi connectivity index (χ2v) is 5.07. The largest absolute Gasteiger partial charge is 0.497 e. The van der Waals surface area contributed by atoms with Gasteiger partial charge in [0.25, 0.3) is 0 Å². The second-order valence-electron chi connectivity index (χ2n) is 5.07. The summed E-state index contributed by atoms with van der Waals surface area (Å²) < 4.78 is 10.8. The first-order valence-electron chi connectivity index (χ1n) is 7.15. The van der Waals surface area contributed by atoms with E-state index in [-0.39, 0.29) is 0 Å². The number of hydrogen-bond donors (Lipinski definition) is 0. The predicted molar refractivity (Wildman–Crippen MR) is 86.0 cm³/mol. The quantitative estimate of drug-likeness (QED) is 0.787. The molecule has 0 fully saturated rings. The van der Waals surface area contributed by atoms with Crippen LogP contribution < -0.4 is 9.47 Å². The standard InChI is InChI=1S/C18H20N2O2/c1-20(14-16-5-3-15(13-19)4-6-16)11-12-22-18-9-7-17(21-2)8-10-18/h3-10H,11-12,14H2,1-2H3. The Bertz CT molecular complexity index is 615. The minimum Gasteiger partial charge on any atom is -0.497 e. The number of nitrogens with zero attached hydrogens (tertiary/aromatic N) is 2. The zero-order valence-electron chi connectivity index (χ0n) is 13.0. The van der Waals surface area contributed by atoms with Crippen LogP contribution in [-0.4, -0.2) is 32.2 Å². The van der Waals surface area contributed by atoms with Crippen LogP contribution >= 0.6 is 0 Å². The van der Waals surface area contributed by atoms with E-state index in [1.165, 1.54) is 5.56 Å². The topological polar surface area (TPSA) is 45.5 Å². The smallest absolute Gasteiger partial charge is 0.119 e. The third-order valence-corrected chi connectivity index (χ3v) is 3.34. The Morgan fingerprint density at radius 3 is 2.23 bits per heavy atom. The SMILES string of the molecule is COc1ccc(OCCN(C)Cc2ccc(C#N)cc2)cc1. The van der Waals surface area contributed by atoms with Gasteiger partial charge in [-0.3, -0.25) is 4.90 Å². The first kappa shape index (κ1) is 15.9. The summed E-state index contributed by atoms with van der Waals surface area (Å²) in [6, 6.07) is 17.4. The van der Waals surface area contributed by atoms with Gasteiger partial charge in [-0.1, -0.05) is 12.1 Å². The van der Waals surface area contributed by atoms with Crippen LogP contribution in [0.1, 0.15) is 11.1 Å². The van der Waals surface area contributed by atoms with Crippen molar-refractivity contribution < 1.29 is 9.47 Å². The van der Waals surface area contributed by atoms with Crippen molar-refractivity contribution in [3.63, 3.8) is 0 Å². The Hall–Kier alpha value is -2.51. The first-order valence-corrected chi connectivity index (χ1v) is 7.15. The summed E-state index contributed by atoms with van der Waals surface area (Å²) in [5.74, 6) is 1.66. The van der Waals surface area contributed by atoms with Crippen molar-refractivity contribution in [3.05, 3.63) is 59.7 Å². The number of benzene rings is 2. The Labute approximate surface area is 131 Å². The number of likely N-dealkylation sites (N-methyl/N-ethyl adjacent to an activating group) is 1. The van der Waals surface area contributed by atoms with Crippen molar-refractivity contribution in [2.75, 3.05) is 27.3 Å².